The number of primary amides is 1. The van der Waals surface area contributed by atoms with Crippen LogP contribution in [0.1, 0.15) is 29.0 Å². The molecule has 1 heterocycles. The summed E-state index contributed by atoms with van der Waals surface area (Å²) >= 11 is 0. The van der Waals surface area contributed by atoms with E-state index < -0.39 is 17.8 Å². The summed E-state index contributed by atoms with van der Waals surface area (Å²) in [6, 6.07) is 4.15. The van der Waals surface area contributed by atoms with E-state index in [-0.39, 0.29) is 5.69 Å². The summed E-state index contributed by atoms with van der Waals surface area (Å²) in [7, 11) is 1.47. The number of methoxy groups -OCH3 is 1. The second-order valence-electron chi connectivity index (χ2n) is 4.38. The number of amides is 1. The first kappa shape index (κ1) is 14.7. The number of nitrogens with zero attached hydrogens (tertiary/aromatic N) is 2. The molecule has 0 bridgehead atoms. The Labute approximate surface area is 121 Å². The minimum Gasteiger partial charge on any atom is -0.496 e. The number of ether oxygens (including phenoxy) is 1. The van der Waals surface area contributed by atoms with E-state index in [1.165, 1.54) is 25.6 Å². The summed E-state index contributed by atoms with van der Waals surface area (Å²) in [5, 5.41) is 2.97. The molecule has 0 aliphatic heterocycles. The molecule has 21 heavy (non-hydrogen) atoms. The first-order valence-corrected chi connectivity index (χ1v) is 6.23. The number of hydrogen-bond donors (Lipinski definition) is 2. The van der Waals surface area contributed by atoms with Crippen molar-refractivity contribution < 1.29 is 13.9 Å². The fraction of sp³-hybridized carbons (Fsp3) is 0.214. The van der Waals surface area contributed by atoms with Crippen LogP contribution in [-0.2, 0) is 0 Å². The minimum absolute atomic E-state index is 0.0349. The van der Waals surface area contributed by atoms with Gasteiger partial charge < -0.3 is 15.8 Å². The van der Waals surface area contributed by atoms with Crippen LogP contribution in [-0.4, -0.2) is 23.0 Å². The Bertz CT molecular complexity index is 663. The van der Waals surface area contributed by atoms with Crippen molar-refractivity contribution in [2.45, 2.75) is 13.0 Å². The lowest BCUT2D eigenvalue weighted by atomic mass is 10.1. The topological polar surface area (TPSA) is 90.1 Å². The van der Waals surface area contributed by atoms with E-state index in [2.05, 4.69) is 15.3 Å². The van der Waals surface area contributed by atoms with Crippen molar-refractivity contribution in [1.29, 1.82) is 0 Å². The van der Waals surface area contributed by atoms with Crippen LogP contribution in [0.5, 0.6) is 5.75 Å². The van der Waals surface area contributed by atoms with Gasteiger partial charge in [-0.15, -0.1) is 0 Å². The van der Waals surface area contributed by atoms with Crippen LogP contribution >= 0.6 is 0 Å². The van der Waals surface area contributed by atoms with Crippen LogP contribution < -0.4 is 15.8 Å². The predicted molar refractivity (Wildman–Crippen MR) is 75.5 cm³/mol. The molecule has 1 amide bonds. The van der Waals surface area contributed by atoms with Crippen LogP contribution in [0.2, 0.25) is 0 Å². The zero-order valence-electron chi connectivity index (χ0n) is 11.6. The van der Waals surface area contributed by atoms with Crippen LogP contribution in [0, 0.1) is 5.82 Å². The molecule has 0 saturated heterocycles. The summed E-state index contributed by atoms with van der Waals surface area (Å²) in [5.41, 5.74) is 5.55. The SMILES string of the molecule is COc1cccc(F)c1C(C)Nc1cncc(C(N)=O)n1. The molecule has 0 fully saturated rings. The Kier molecular flexibility index (Phi) is 4.32. The standard InChI is InChI=1S/C14H15FN4O2/c1-8(13-9(15)4-3-5-11(13)21-2)18-12-7-17-6-10(19-12)14(16)20/h3-8H,1-2H3,(H2,16,20)(H,18,19). The highest BCUT2D eigenvalue weighted by Gasteiger charge is 2.17. The van der Waals surface area contributed by atoms with Crippen molar-refractivity contribution in [3.63, 3.8) is 0 Å². The molecule has 0 spiro atoms. The lowest BCUT2D eigenvalue weighted by Crippen LogP contribution is -2.16. The number of carbonyl (C=O) groups excluding carboxylic acids is 1. The summed E-state index contributed by atoms with van der Waals surface area (Å²) in [4.78, 5) is 19.0. The summed E-state index contributed by atoms with van der Waals surface area (Å²) < 4.78 is 19.1. The van der Waals surface area contributed by atoms with Crippen LogP contribution in [0.15, 0.2) is 30.6 Å². The Morgan fingerprint density at radius 3 is 2.86 bits per heavy atom. The third-order valence-corrected chi connectivity index (χ3v) is 2.92. The number of nitrogens with two attached hydrogens (primary N) is 1. The van der Waals surface area contributed by atoms with Gasteiger partial charge in [-0.1, -0.05) is 6.07 Å². The molecule has 1 atom stereocenters. The van der Waals surface area contributed by atoms with Gasteiger partial charge in [-0.05, 0) is 19.1 Å². The van der Waals surface area contributed by atoms with E-state index in [0.717, 1.165) is 0 Å². The third kappa shape index (κ3) is 3.25. The molecule has 0 aliphatic rings. The second-order valence-corrected chi connectivity index (χ2v) is 4.38. The van der Waals surface area contributed by atoms with Crippen molar-refractivity contribution in [2.75, 3.05) is 12.4 Å². The van der Waals surface area contributed by atoms with Gasteiger partial charge in [0.2, 0.25) is 0 Å². The first-order valence-electron chi connectivity index (χ1n) is 6.23. The maximum atomic E-state index is 14.0. The maximum Gasteiger partial charge on any atom is 0.268 e. The fourth-order valence-corrected chi connectivity index (χ4v) is 1.96. The number of rotatable bonds is 5. The highest BCUT2D eigenvalue weighted by atomic mass is 19.1. The number of carbonyl (C=O) groups is 1. The Morgan fingerprint density at radius 1 is 1.43 bits per heavy atom. The fourth-order valence-electron chi connectivity index (χ4n) is 1.96. The van der Waals surface area contributed by atoms with Gasteiger partial charge in [0.1, 0.15) is 23.1 Å². The van der Waals surface area contributed by atoms with Gasteiger partial charge in [-0.25, -0.2) is 9.37 Å². The molecule has 110 valence electrons. The molecule has 0 aliphatic carbocycles. The van der Waals surface area contributed by atoms with E-state index in [1.54, 1.807) is 19.1 Å². The van der Waals surface area contributed by atoms with E-state index in [9.17, 15) is 9.18 Å². The number of aromatic nitrogens is 2. The molecule has 1 unspecified atom stereocenters. The lowest BCUT2D eigenvalue weighted by Gasteiger charge is -2.18. The molecule has 0 saturated carbocycles. The number of hydrogen-bond acceptors (Lipinski definition) is 5. The smallest absolute Gasteiger partial charge is 0.268 e. The normalized spacial score (nSPS) is 11.8. The molecule has 6 nitrogen and oxygen atoms in total. The Balaban J connectivity index is 2.28. The number of halogens is 1. The van der Waals surface area contributed by atoms with Gasteiger partial charge in [0, 0.05) is 0 Å². The first-order chi connectivity index (χ1) is 10.0. The molecule has 7 heteroatoms. The van der Waals surface area contributed by atoms with Gasteiger partial charge in [-0.3, -0.25) is 9.78 Å². The number of anilines is 1. The highest BCUT2D eigenvalue weighted by molar-refractivity contribution is 5.90. The van der Waals surface area contributed by atoms with Gasteiger partial charge in [-0.2, -0.15) is 0 Å². The summed E-state index contributed by atoms with van der Waals surface area (Å²) in [6.45, 7) is 1.75. The van der Waals surface area contributed by atoms with E-state index in [1.807, 2.05) is 0 Å². The molecule has 1 aromatic carbocycles. The number of benzene rings is 1. The van der Waals surface area contributed by atoms with Crippen molar-refractivity contribution >= 4 is 11.7 Å². The average molecular weight is 290 g/mol. The van der Waals surface area contributed by atoms with Gasteiger partial charge in [0.15, 0.2) is 0 Å². The molecular weight excluding hydrogens is 275 g/mol. The molecule has 2 rings (SSSR count). The average Bonchev–Trinajstić information content (AvgIpc) is 2.46. The third-order valence-electron chi connectivity index (χ3n) is 2.92. The molecule has 2 aromatic rings. The highest BCUT2D eigenvalue weighted by Crippen LogP contribution is 2.29. The molecule has 3 N–H and O–H groups in total. The Hall–Kier alpha value is -2.70. The Morgan fingerprint density at radius 2 is 2.19 bits per heavy atom. The summed E-state index contributed by atoms with van der Waals surface area (Å²) in [5.74, 6) is -0.325. The van der Waals surface area contributed by atoms with E-state index >= 15 is 0 Å². The van der Waals surface area contributed by atoms with Crippen LogP contribution in [0.4, 0.5) is 10.2 Å². The summed E-state index contributed by atoms with van der Waals surface area (Å²) in [6.07, 6.45) is 2.69. The van der Waals surface area contributed by atoms with E-state index in [0.29, 0.717) is 17.1 Å². The van der Waals surface area contributed by atoms with Gasteiger partial charge >= 0.3 is 0 Å². The largest absolute Gasteiger partial charge is 0.496 e. The molecule has 0 radical (unpaired) electrons. The monoisotopic (exact) mass is 290 g/mol. The molecular formula is C14H15FN4O2. The van der Waals surface area contributed by atoms with Crippen molar-refractivity contribution in [3.05, 3.63) is 47.7 Å². The lowest BCUT2D eigenvalue weighted by molar-refractivity contribution is 0.0995. The number of nitrogens with one attached hydrogen (secondary N) is 1. The van der Waals surface area contributed by atoms with Crippen molar-refractivity contribution in [3.8, 4) is 5.75 Å². The van der Waals surface area contributed by atoms with Crippen LogP contribution in [0.3, 0.4) is 0 Å². The minimum atomic E-state index is -0.678. The molecule has 1 aromatic heterocycles. The van der Waals surface area contributed by atoms with Crippen LogP contribution in [0.25, 0.3) is 0 Å². The van der Waals surface area contributed by atoms with Gasteiger partial charge in [0.25, 0.3) is 5.91 Å². The zero-order valence-corrected chi connectivity index (χ0v) is 11.6. The maximum absolute atomic E-state index is 14.0. The zero-order chi connectivity index (χ0) is 15.4. The van der Waals surface area contributed by atoms with E-state index in [4.69, 9.17) is 10.5 Å². The predicted octanol–water partition coefficient (Wildman–Crippen LogP) is 1.90. The van der Waals surface area contributed by atoms with Gasteiger partial charge in [0.05, 0.1) is 31.1 Å². The van der Waals surface area contributed by atoms with Crippen molar-refractivity contribution in [1.82, 2.24) is 9.97 Å². The quantitative estimate of drug-likeness (QED) is 0.877. The second kappa shape index (κ2) is 6.17. The van der Waals surface area contributed by atoms with Crippen molar-refractivity contribution in [2.24, 2.45) is 5.73 Å².